The van der Waals surface area contributed by atoms with Crippen LogP contribution in [-0.4, -0.2) is 44.2 Å². The molecule has 1 saturated heterocycles. The second-order valence-corrected chi connectivity index (χ2v) is 7.53. The molecule has 30 heavy (non-hydrogen) atoms. The van der Waals surface area contributed by atoms with E-state index in [1.54, 1.807) is 35.3 Å². The standard InChI is InChI=1S/C22H21FN6O/c1-15-6-10-27-13-9-24-21(20(15)27)28-11-7-17(14-28)25-22(30)19-8-12-29(26-19)18-4-2-16(23)3-5-18/h2-6,8-10,12-13,17H,7,11,14H2,1H3,(H,25,30). The Bertz CT molecular complexity index is 1210. The van der Waals surface area contributed by atoms with E-state index >= 15 is 0 Å². The second-order valence-electron chi connectivity index (χ2n) is 7.53. The first-order chi connectivity index (χ1) is 14.6. The molecule has 4 heterocycles. The SMILES string of the molecule is Cc1ccn2ccnc(N3CCC(NC(=O)c4ccn(-c5ccc(F)cc5)n4)C3)c12. The van der Waals surface area contributed by atoms with Crippen molar-refractivity contribution in [2.75, 3.05) is 18.0 Å². The number of fused-ring (bicyclic) bond motifs is 1. The molecule has 1 atom stereocenters. The number of hydrogen-bond donors (Lipinski definition) is 1. The highest BCUT2D eigenvalue weighted by atomic mass is 19.1. The Kier molecular flexibility index (Phi) is 4.46. The lowest BCUT2D eigenvalue weighted by Crippen LogP contribution is -2.37. The third kappa shape index (κ3) is 3.30. The van der Waals surface area contributed by atoms with Crippen molar-refractivity contribution in [3.63, 3.8) is 0 Å². The number of amides is 1. The van der Waals surface area contributed by atoms with Crippen molar-refractivity contribution < 1.29 is 9.18 Å². The second kappa shape index (κ2) is 7.29. The van der Waals surface area contributed by atoms with Crippen molar-refractivity contribution in [1.82, 2.24) is 24.5 Å². The van der Waals surface area contributed by atoms with Crippen LogP contribution < -0.4 is 10.2 Å². The molecule has 5 rings (SSSR count). The molecule has 3 aromatic heterocycles. The van der Waals surface area contributed by atoms with Gasteiger partial charge in [0, 0.05) is 43.9 Å². The van der Waals surface area contributed by atoms with Gasteiger partial charge in [-0.15, -0.1) is 0 Å². The van der Waals surface area contributed by atoms with Crippen LogP contribution >= 0.6 is 0 Å². The first-order valence-electron chi connectivity index (χ1n) is 9.88. The average Bonchev–Trinajstić information content (AvgIpc) is 3.49. The fraction of sp³-hybridized carbons (Fsp3) is 0.227. The summed E-state index contributed by atoms with van der Waals surface area (Å²) >= 11 is 0. The minimum atomic E-state index is -0.310. The predicted molar refractivity (Wildman–Crippen MR) is 112 cm³/mol. The lowest BCUT2D eigenvalue weighted by Gasteiger charge is -2.19. The third-order valence-electron chi connectivity index (χ3n) is 5.49. The maximum absolute atomic E-state index is 13.1. The summed E-state index contributed by atoms with van der Waals surface area (Å²) in [4.78, 5) is 19.5. The number of anilines is 1. The van der Waals surface area contributed by atoms with E-state index in [2.05, 4.69) is 37.7 Å². The van der Waals surface area contributed by atoms with E-state index in [-0.39, 0.29) is 17.8 Å². The summed E-state index contributed by atoms with van der Waals surface area (Å²) in [6.07, 6.45) is 8.31. The molecule has 1 fully saturated rings. The summed E-state index contributed by atoms with van der Waals surface area (Å²) in [5.41, 5.74) is 3.31. The Hall–Kier alpha value is -3.68. The maximum atomic E-state index is 13.1. The Balaban J connectivity index is 1.27. The topological polar surface area (TPSA) is 67.5 Å². The largest absolute Gasteiger partial charge is 0.353 e. The number of carbonyl (C=O) groups is 1. The number of halogens is 1. The molecule has 152 valence electrons. The number of carbonyl (C=O) groups excluding carboxylic acids is 1. The van der Waals surface area contributed by atoms with E-state index < -0.39 is 0 Å². The van der Waals surface area contributed by atoms with Crippen LogP contribution in [0.3, 0.4) is 0 Å². The Morgan fingerprint density at radius 2 is 1.97 bits per heavy atom. The molecule has 0 radical (unpaired) electrons. The van der Waals surface area contributed by atoms with E-state index in [0.29, 0.717) is 17.9 Å². The molecule has 0 aliphatic carbocycles. The fourth-order valence-corrected chi connectivity index (χ4v) is 3.95. The van der Waals surface area contributed by atoms with Crippen LogP contribution in [0.1, 0.15) is 22.5 Å². The number of hydrogen-bond acceptors (Lipinski definition) is 4. The lowest BCUT2D eigenvalue weighted by molar-refractivity contribution is 0.0935. The van der Waals surface area contributed by atoms with Crippen LogP contribution in [0.15, 0.2) is 61.2 Å². The molecular weight excluding hydrogens is 383 g/mol. The van der Waals surface area contributed by atoms with Crippen LogP contribution in [0, 0.1) is 12.7 Å². The summed E-state index contributed by atoms with van der Waals surface area (Å²) in [5, 5.41) is 7.40. The molecule has 0 saturated carbocycles. The number of nitrogens with one attached hydrogen (secondary N) is 1. The van der Waals surface area contributed by atoms with Crippen molar-refractivity contribution in [3.05, 3.63) is 78.3 Å². The zero-order valence-electron chi connectivity index (χ0n) is 16.5. The van der Waals surface area contributed by atoms with E-state index in [4.69, 9.17) is 0 Å². The molecule has 1 unspecified atom stereocenters. The highest BCUT2D eigenvalue weighted by molar-refractivity contribution is 5.92. The van der Waals surface area contributed by atoms with Gasteiger partial charge in [0.15, 0.2) is 11.5 Å². The number of aromatic nitrogens is 4. The summed E-state index contributed by atoms with van der Waals surface area (Å²) in [6, 6.07) is 9.73. The van der Waals surface area contributed by atoms with E-state index in [1.807, 2.05) is 12.4 Å². The molecule has 1 N–H and O–H groups in total. The molecule has 1 aromatic carbocycles. The van der Waals surface area contributed by atoms with Crippen LogP contribution in [0.2, 0.25) is 0 Å². The maximum Gasteiger partial charge on any atom is 0.272 e. The van der Waals surface area contributed by atoms with Gasteiger partial charge in [0.05, 0.1) is 11.2 Å². The zero-order valence-corrected chi connectivity index (χ0v) is 16.5. The molecule has 8 heteroatoms. The summed E-state index contributed by atoms with van der Waals surface area (Å²) in [7, 11) is 0. The van der Waals surface area contributed by atoms with Crippen LogP contribution in [0.5, 0.6) is 0 Å². The van der Waals surface area contributed by atoms with Crippen LogP contribution in [0.4, 0.5) is 10.2 Å². The highest BCUT2D eigenvalue weighted by Gasteiger charge is 2.27. The van der Waals surface area contributed by atoms with Crippen molar-refractivity contribution in [2.24, 2.45) is 0 Å². The molecule has 0 spiro atoms. The Morgan fingerprint density at radius 1 is 1.13 bits per heavy atom. The Morgan fingerprint density at radius 3 is 2.80 bits per heavy atom. The van der Waals surface area contributed by atoms with Gasteiger partial charge in [0.2, 0.25) is 0 Å². The number of aryl methyl sites for hydroxylation is 1. The number of rotatable bonds is 4. The molecule has 1 aliphatic rings. The van der Waals surface area contributed by atoms with Gasteiger partial charge in [-0.05, 0) is 55.3 Å². The van der Waals surface area contributed by atoms with Crippen molar-refractivity contribution in [2.45, 2.75) is 19.4 Å². The van der Waals surface area contributed by atoms with Gasteiger partial charge in [0.25, 0.3) is 5.91 Å². The van der Waals surface area contributed by atoms with Crippen molar-refractivity contribution in [3.8, 4) is 5.69 Å². The first-order valence-corrected chi connectivity index (χ1v) is 9.88. The van der Waals surface area contributed by atoms with Crippen LogP contribution in [0.25, 0.3) is 11.2 Å². The van der Waals surface area contributed by atoms with Gasteiger partial charge in [-0.2, -0.15) is 5.10 Å². The van der Waals surface area contributed by atoms with E-state index in [9.17, 15) is 9.18 Å². The number of benzene rings is 1. The number of nitrogens with zero attached hydrogens (tertiary/aromatic N) is 5. The van der Waals surface area contributed by atoms with Gasteiger partial charge in [-0.3, -0.25) is 4.79 Å². The average molecular weight is 404 g/mol. The predicted octanol–water partition coefficient (Wildman–Crippen LogP) is 2.98. The monoisotopic (exact) mass is 404 g/mol. The molecule has 1 aliphatic heterocycles. The minimum Gasteiger partial charge on any atom is -0.353 e. The lowest BCUT2D eigenvalue weighted by atomic mass is 10.2. The minimum absolute atomic E-state index is 0.0193. The third-order valence-corrected chi connectivity index (χ3v) is 5.49. The normalized spacial score (nSPS) is 16.3. The molecular formula is C22H21FN6O. The van der Waals surface area contributed by atoms with E-state index in [1.165, 1.54) is 17.7 Å². The van der Waals surface area contributed by atoms with Crippen LogP contribution in [-0.2, 0) is 0 Å². The van der Waals surface area contributed by atoms with Crippen molar-refractivity contribution in [1.29, 1.82) is 0 Å². The summed E-state index contributed by atoms with van der Waals surface area (Å²) in [5.74, 6) is 0.417. The Labute approximate surface area is 172 Å². The van der Waals surface area contributed by atoms with E-state index in [0.717, 1.165) is 24.3 Å². The highest BCUT2D eigenvalue weighted by Crippen LogP contribution is 2.26. The van der Waals surface area contributed by atoms with Crippen molar-refractivity contribution >= 4 is 17.2 Å². The first kappa shape index (κ1) is 18.4. The summed E-state index contributed by atoms with van der Waals surface area (Å²) in [6.45, 7) is 3.60. The van der Waals surface area contributed by atoms with Gasteiger partial charge in [0.1, 0.15) is 5.82 Å². The summed E-state index contributed by atoms with van der Waals surface area (Å²) < 4.78 is 16.7. The van der Waals surface area contributed by atoms with Gasteiger partial charge in [-0.1, -0.05) is 0 Å². The zero-order chi connectivity index (χ0) is 20.7. The molecule has 7 nitrogen and oxygen atoms in total. The van der Waals surface area contributed by atoms with Gasteiger partial charge < -0.3 is 14.6 Å². The fourth-order valence-electron chi connectivity index (χ4n) is 3.95. The van der Waals surface area contributed by atoms with Gasteiger partial charge >= 0.3 is 0 Å². The van der Waals surface area contributed by atoms with Gasteiger partial charge in [-0.25, -0.2) is 14.1 Å². The quantitative estimate of drug-likeness (QED) is 0.568. The smallest absolute Gasteiger partial charge is 0.272 e. The molecule has 0 bridgehead atoms. The molecule has 4 aromatic rings. The molecule has 1 amide bonds.